The molecule has 0 aliphatic carbocycles. The zero-order chi connectivity index (χ0) is 9.26. The van der Waals surface area contributed by atoms with E-state index < -0.39 is 0 Å². The number of aldehydes is 1. The zero-order valence-electron chi connectivity index (χ0n) is 6.41. The van der Waals surface area contributed by atoms with Gasteiger partial charge in [-0.05, 0) is 0 Å². The Morgan fingerprint density at radius 3 is 3.00 bits per heavy atom. The number of carbonyl (C=O) groups is 1. The third-order valence-corrected chi connectivity index (χ3v) is 1.53. The van der Waals surface area contributed by atoms with Gasteiger partial charge in [-0.25, -0.2) is 4.98 Å². The van der Waals surface area contributed by atoms with Crippen molar-refractivity contribution in [3.8, 4) is 11.6 Å². The Kier molecular flexibility index (Phi) is 1.59. The summed E-state index contributed by atoms with van der Waals surface area (Å²) in [6, 6.07) is 0. The molecular formula is C7H5N3O3. The van der Waals surface area contributed by atoms with Gasteiger partial charge in [-0.15, -0.1) is 0 Å². The van der Waals surface area contributed by atoms with Crippen LogP contribution in [0.2, 0.25) is 0 Å². The van der Waals surface area contributed by atoms with Crippen molar-refractivity contribution in [3.63, 3.8) is 0 Å². The number of rotatable bonds is 2. The predicted octanol–water partition coefficient (Wildman–Crippen LogP) is 0.378. The third kappa shape index (κ3) is 1.08. The summed E-state index contributed by atoms with van der Waals surface area (Å²) in [5.74, 6) is 0.0915. The molecule has 0 atom stereocenters. The van der Waals surface area contributed by atoms with Crippen molar-refractivity contribution in [2.24, 2.45) is 0 Å². The van der Waals surface area contributed by atoms with Gasteiger partial charge in [-0.1, -0.05) is 0 Å². The summed E-state index contributed by atoms with van der Waals surface area (Å²) >= 11 is 0. The van der Waals surface area contributed by atoms with Gasteiger partial charge in [-0.3, -0.25) is 4.79 Å². The van der Waals surface area contributed by atoms with Gasteiger partial charge in [0.1, 0.15) is 0 Å². The highest BCUT2D eigenvalue weighted by Gasteiger charge is 2.11. The van der Waals surface area contributed by atoms with E-state index in [1.807, 2.05) is 0 Å². The van der Waals surface area contributed by atoms with Crippen LogP contribution in [-0.4, -0.2) is 26.2 Å². The molecule has 6 heteroatoms. The van der Waals surface area contributed by atoms with Crippen LogP contribution >= 0.6 is 0 Å². The third-order valence-electron chi connectivity index (χ3n) is 1.53. The average Bonchev–Trinajstić information content (AvgIpc) is 2.71. The Labute approximate surface area is 72.4 Å². The maximum atomic E-state index is 10.5. The van der Waals surface area contributed by atoms with Crippen LogP contribution in [0.5, 0.6) is 5.75 Å². The zero-order valence-corrected chi connectivity index (χ0v) is 6.41. The second-order valence-corrected chi connectivity index (χ2v) is 2.28. The van der Waals surface area contributed by atoms with Gasteiger partial charge in [0.05, 0.1) is 12.4 Å². The van der Waals surface area contributed by atoms with Crippen molar-refractivity contribution in [1.82, 2.24) is 14.8 Å². The fourth-order valence-electron chi connectivity index (χ4n) is 0.949. The second kappa shape index (κ2) is 2.74. The lowest BCUT2D eigenvalue weighted by Crippen LogP contribution is -1.99. The largest absolute Gasteiger partial charge is 0.504 e. The lowest BCUT2D eigenvalue weighted by molar-refractivity contribution is 0.111. The molecule has 0 aliphatic rings. The van der Waals surface area contributed by atoms with Crippen molar-refractivity contribution in [1.29, 1.82) is 0 Å². The Hall–Kier alpha value is -2.11. The molecule has 0 saturated carbocycles. The van der Waals surface area contributed by atoms with E-state index in [0.29, 0.717) is 6.29 Å². The molecule has 2 heterocycles. The SMILES string of the molecule is O=Cc1c(O)cnn1-c1cnco1. The molecular weight excluding hydrogens is 174 g/mol. The highest BCUT2D eigenvalue weighted by molar-refractivity contribution is 5.77. The quantitative estimate of drug-likeness (QED) is 0.674. The van der Waals surface area contributed by atoms with Gasteiger partial charge in [0, 0.05) is 0 Å². The monoisotopic (exact) mass is 179 g/mol. The summed E-state index contributed by atoms with van der Waals surface area (Å²) in [5, 5.41) is 12.9. The minimum atomic E-state index is -0.189. The fourth-order valence-corrected chi connectivity index (χ4v) is 0.949. The first kappa shape index (κ1) is 7.53. The van der Waals surface area contributed by atoms with Crippen molar-refractivity contribution >= 4 is 6.29 Å². The Morgan fingerprint density at radius 1 is 1.54 bits per heavy atom. The molecule has 2 aromatic heterocycles. The van der Waals surface area contributed by atoms with Crippen LogP contribution < -0.4 is 0 Å². The van der Waals surface area contributed by atoms with E-state index in [-0.39, 0.29) is 17.3 Å². The maximum Gasteiger partial charge on any atom is 0.241 e. The van der Waals surface area contributed by atoms with E-state index >= 15 is 0 Å². The van der Waals surface area contributed by atoms with Crippen LogP contribution in [0, 0.1) is 0 Å². The predicted molar refractivity (Wildman–Crippen MR) is 40.7 cm³/mol. The molecule has 0 aromatic carbocycles. The number of hydrogen-bond acceptors (Lipinski definition) is 5. The van der Waals surface area contributed by atoms with Crippen LogP contribution in [0.1, 0.15) is 10.5 Å². The van der Waals surface area contributed by atoms with Gasteiger partial charge >= 0.3 is 0 Å². The molecule has 0 amide bonds. The highest BCUT2D eigenvalue weighted by Crippen LogP contribution is 2.17. The summed E-state index contributed by atoms with van der Waals surface area (Å²) < 4.78 is 6.06. The number of carbonyl (C=O) groups excluding carboxylic acids is 1. The van der Waals surface area contributed by atoms with Crippen molar-refractivity contribution < 1.29 is 14.3 Å². The molecule has 2 aromatic rings. The minimum absolute atomic E-state index is 0.0387. The molecule has 6 nitrogen and oxygen atoms in total. The van der Waals surface area contributed by atoms with Gasteiger partial charge in [-0.2, -0.15) is 9.78 Å². The van der Waals surface area contributed by atoms with Crippen molar-refractivity contribution in [3.05, 3.63) is 24.5 Å². The Balaban J connectivity index is 2.58. The summed E-state index contributed by atoms with van der Waals surface area (Å²) in [6.45, 7) is 0. The number of aromatic nitrogens is 3. The molecule has 0 spiro atoms. The van der Waals surface area contributed by atoms with Gasteiger partial charge in [0.25, 0.3) is 0 Å². The lowest BCUT2D eigenvalue weighted by Gasteiger charge is -1.95. The number of hydrogen-bond donors (Lipinski definition) is 1. The molecule has 66 valence electrons. The summed E-state index contributed by atoms with van der Waals surface area (Å²) in [5.41, 5.74) is 0.0387. The smallest absolute Gasteiger partial charge is 0.241 e. The Bertz CT molecular complexity index is 418. The molecule has 0 bridgehead atoms. The van der Waals surface area contributed by atoms with E-state index in [0.717, 1.165) is 10.9 Å². The van der Waals surface area contributed by atoms with Gasteiger partial charge in [0.2, 0.25) is 5.88 Å². The first-order valence-corrected chi connectivity index (χ1v) is 3.44. The molecule has 0 unspecified atom stereocenters. The van der Waals surface area contributed by atoms with E-state index in [4.69, 9.17) is 9.52 Å². The first-order chi connectivity index (χ1) is 6.33. The van der Waals surface area contributed by atoms with E-state index in [1.54, 1.807) is 0 Å². The second-order valence-electron chi connectivity index (χ2n) is 2.28. The maximum absolute atomic E-state index is 10.5. The fraction of sp³-hybridized carbons (Fsp3) is 0. The van der Waals surface area contributed by atoms with E-state index in [9.17, 15) is 4.79 Å². The van der Waals surface area contributed by atoms with E-state index in [2.05, 4.69) is 10.1 Å². The Morgan fingerprint density at radius 2 is 2.38 bits per heavy atom. The van der Waals surface area contributed by atoms with Crippen LogP contribution in [0.3, 0.4) is 0 Å². The van der Waals surface area contributed by atoms with Crippen LogP contribution in [-0.2, 0) is 0 Å². The number of oxazole rings is 1. The van der Waals surface area contributed by atoms with Crippen LogP contribution in [0.15, 0.2) is 23.2 Å². The van der Waals surface area contributed by atoms with Crippen LogP contribution in [0.25, 0.3) is 5.88 Å². The first-order valence-electron chi connectivity index (χ1n) is 3.44. The number of aromatic hydroxyl groups is 1. The molecule has 2 rings (SSSR count). The van der Waals surface area contributed by atoms with Crippen molar-refractivity contribution in [2.45, 2.75) is 0 Å². The molecule has 0 aliphatic heterocycles. The molecule has 0 fully saturated rings. The van der Waals surface area contributed by atoms with Crippen LogP contribution in [0.4, 0.5) is 0 Å². The molecule has 0 saturated heterocycles. The summed E-state index contributed by atoms with van der Waals surface area (Å²) in [6.07, 6.45) is 4.25. The van der Waals surface area contributed by atoms with Gasteiger partial charge in [0.15, 0.2) is 24.1 Å². The standard InChI is InChI=1S/C7H5N3O3/c11-3-5-6(12)1-9-10(5)7-2-8-4-13-7/h1-4,12H. The van der Waals surface area contributed by atoms with Gasteiger partial charge < -0.3 is 9.52 Å². The number of nitrogens with zero attached hydrogens (tertiary/aromatic N) is 3. The summed E-state index contributed by atoms with van der Waals surface area (Å²) in [7, 11) is 0. The molecule has 1 N–H and O–H groups in total. The lowest BCUT2D eigenvalue weighted by atomic mass is 10.4. The summed E-state index contributed by atoms with van der Waals surface area (Å²) in [4.78, 5) is 14.2. The van der Waals surface area contributed by atoms with Crippen molar-refractivity contribution in [2.75, 3.05) is 0 Å². The molecule has 0 radical (unpaired) electrons. The normalized spacial score (nSPS) is 10.2. The minimum Gasteiger partial charge on any atom is -0.504 e. The topological polar surface area (TPSA) is 81.1 Å². The molecule has 13 heavy (non-hydrogen) atoms. The highest BCUT2D eigenvalue weighted by atomic mass is 16.4. The average molecular weight is 179 g/mol. The van der Waals surface area contributed by atoms with E-state index in [1.165, 1.54) is 12.6 Å².